The van der Waals surface area contributed by atoms with Crippen molar-refractivity contribution in [3.8, 4) is 0 Å². The summed E-state index contributed by atoms with van der Waals surface area (Å²) in [4.78, 5) is 27.4. The summed E-state index contributed by atoms with van der Waals surface area (Å²) in [6, 6.07) is -0.00187. The highest BCUT2D eigenvalue weighted by Crippen LogP contribution is 2.57. The molecule has 0 radical (unpaired) electrons. The lowest BCUT2D eigenvalue weighted by Crippen LogP contribution is -2.63. The van der Waals surface area contributed by atoms with E-state index >= 15 is 0 Å². The number of amides is 2. The van der Waals surface area contributed by atoms with Gasteiger partial charge in [-0.15, -0.1) is 0 Å². The molecule has 5 fully saturated rings. The number of ether oxygens (including phenoxy) is 2. The maximum Gasteiger partial charge on any atom is 0.405 e. The monoisotopic (exact) mass is 550 g/mol. The quantitative estimate of drug-likeness (QED) is 0.437. The Kier molecular flexibility index (Phi) is 6.97. The number of nitrogens with one attached hydrogen (secondary N) is 2. The molecule has 0 aromatic carbocycles. The summed E-state index contributed by atoms with van der Waals surface area (Å²) >= 11 is 0. The minimum atomic E-state index is -3.42. The van der Waals surface area contributed by atoms with Crippen LogP contribution in [0.4, 0.5) is 10.6 Å². The normalized spacial score (nSPS) is 31.1. The van der Waals surface area contributed by atoms with E-state index < -0.39 is 27.3 Å². The van der Waals surface area contributed by atoms with Crippen LogP contribution in [0.15, 0.2) is 12.3 Å². The third-order valence-corrected chi connectivity index (χ3v) is 9.13. The number of rotatable bonds is 8. The number of carbonyl (C=O) groups excluding carboxylic acids is 2. The van der Waals surface area contributed by atoms with Crippen molar-refractivity contribution < 1.29 is 27.5 Å². The van der Waals surface area contributed by atoms with Crippen LogP contribution < -0.4 is 20.7 Å². The van der Waals surface area contributed by atoms with Crippen LogP contribution in [0.25, 0.3) is 6.20 Å². The topological polar surface area (TPSA) is 158 Å². The first-order valence-electron chi connectivity index (χ1n) is 13.2. The molecule has 4 aliphatic carbocycles. The Morgan fingerprint density at radius 2 is 1.87 bits per heavy atom. The number of nitrogens with zero attached hydrogens (tertiary/aromatic N) is 3. The third-order valence-electron chi connectivity index (χ3n) is 8.24. The first-order chi connectivity index (χ1) is 17.8. The number of hydrogen-bond acceptors (Lipinski definition) is 8. The minimum Gasteiger partial charge on any atom is -0.443 e. The van der Waals surface area contributed by atoms with Gasteiger partial charge in [0.25, 0.3) is 5.91 Å². The van der Waals surface area contributed by atoms with Gasteiger partial charge in [-0.3, -0.25) is 4.79 Å². The molecule has 5 aliphatic rings. The SMILES string of the molecule is CC(C)(/C=C/n1ncc(C(=O)N[C@H]2C3CC4CC2C[C@](OC(N)=O)(C4)C3)c1N1CCOCC1)NS(C)(=O)=O. The Balaban J connectivity index is 1.38. The van der Waals surface area contributed by atoms with Gasteiger partial charge in [-0.1, -0.05) is 0 Å². The maximum atomic E-state index is 13.7. The number of carbonyl (C=O) groups is 2. The average Bonchev–Trinajstić information content (AvgIpc) is 3.22. The van der Waals surface area contributed by atoms with Crippen LogP contribution in [0.1, 0.15) is 56.3 Å². The van der Waals surface area contributed by atoms with E-state index in [0.717, 1.165) is 25.5 Å². The van der Waals surface area contributed by atoms with Gasteiger partial charge in [0.2, 0.25) is 10.0 Å². The molecule has 2 atom stereocenters. The van der Waals surface area contributed by atoms with Crippen LogP contribution >= 0.6 is 0 Å². The van der Waals surface area contributed by atoms with Gasteiger partial charge in [0, 0.05) is 30.9 Å². The van der Waals surface area contributed by atoms with Crippen molar-refractivity contribution in [1.82, 2.24) is 19.8 Å². The maximum absolute atomic E-state index is 13.7. The molecule has 6 rings (SSSR count). The smallest absolute Gasteiger partial charge is 0.405 e. The third kappa shape index (κ3) is 5.69. The number of anilines is 1. The lowest BCUT2D eigenvalue weighted by molar-refractivity contribution is -0.137. The lowest BCUT2D eigenvalue weighted by Gasteiger charge is -2.58. The van der Waals surface area contributed by atoms with Crippen molar-refractivity contribution >= 4 is 34.0 Å². The van der Waals surface area contributed by atoms with Gasteiger partial charge in [-0.05, 0) is 69.8 Å². The molecule has 1 saturated heterocycles. The molecular formula is C25H38N6O6S. The van der Waals surface area contributed by atoms with E-state index in [9.17, 15) is 18.0 Å². The van der Waals surface area contributed by atoms with E-state index in [0.29, 0.717) is 56.4 Å². The first-order valence-corrected chi connectivity index (χ1v) is 15.1. The Labute approximate surface area is 223 Å². The Bertz CT molecular complexity index is 1200. The van der Waals surface area contributed by atoms with E-state index in [1.807, 2.05) is 0 Å². The Hall–Kier alpha value is -2.64. The Morgan fingerprint density at radius 1 is 1.21 bits per heavy atom. The van der Waals surface area contributed by atoms with Crippen molar-refractivity contribution in [3.05, 3.63) is 17.8 Å². The summed E-state index contributed by atoms with van der Waals surface area (Å²) in [6.07, 6.45) is 9.66. The number of hydrogen-bond donors (Lipinski definition) is 3. The van der Waals surface area contributed by atoms with E-state index in [4.69, 9.17) is 15.2 Å². The molecule has 4 N–H and O–H groups in total. The zero-order chi connectivity index (χ0) is 27.3. The molecule has 2 unspecified atom stereocenters. The fourth-order valence-corrected chi connectivity index (χ4v) is 8.26. The highest BCUT2D eigenvalue weighted by molar-refractivity contribution is 7.88. The molecular weight excluding hydrogens is 512 g/mol. The molecule has 2 amide bonds. The number of primary amides is 1. The van der Waals surface area contributed by atoms with E-state index in [-0.39, 0.29) is 23.8 Å². The van der Waals surface area contributed by atoms with Gasteiger partial charge < -0.3 is 25.4 Å². The molecule has 1 aromatic heterocycles. The van der Waals surface area contributed by atoms with Crippen molar-refractivity contribution in [2.75, 3.05) is 37.5 Å². The van der Waals surface area contributed by atoms with Crippen LogP contribution in [0, 0.1) is 17.8 Å². The second kappa shape index (κ2) is 9.83. The zero-order valence-corrected chi connectivity index (χ0v) is 23.0. The number of sulfonamides is 1. The van der Waals surface area contributed by atoms with Crippen molar-refractivity contribution in [1.29, 1.82) is 0 Å². The number of aromatic nitrogens is 2. The summed E-state index contributed by atoms with van der Waals surface area (Å²) in [7, 11) is -3.42. The van der Waals surface area contributed by atoms with Gasteiger partial charge >= 0.3 is 6.09 Å². The Morgan fingerprint density at radius 3 is 2.47 bits per heavy atom. The molecule has 38 heavy (non-hydrogen) atoms. The molecule has 13 heteroatoms. The highest BCUT2D eigenvalue weighted by atomic mass is 32.2. The molecule has 12 nitrogen and oxygen atoms in total. The standard InChI is InChI=1S/C25H38N6O6S/c1-24(2,29-38(3,34)35)4-5-31-22(30-6-8-36-9-7-30)19(15-27-31)21(32)28-20-17-10-16-11-18(20)14-25(12-16,13-17)37-23(26)33/h4-5,15-18,20,29H,6-14H2,1-3H3,(H2,26,33)(H,28,32)/b5-4+/t16?,17?,18?,20-,25-. The molecule has 0 spiro atoms. The second-order valence-corrected chi connectivity index (χ2v) is 13.7. The van der Waals surface area contributed by atoms with Gasteiger partial charge in [0.1, 0.15) is 17.0 Å². The van der Waals surface area contributed by atoms with Crippen LogP contribution in [-0.4, -0.2) is 79.9 Å². The average molecular weight is 551 g/mol. The summed E-state index contributed by atoms with van der Waals surface area (Å²) in [5, 5.41) is 7.79. The molecule has 210 valence electrons. The van der Waals surface area contributed by atoms with Crippen molar-refractivity contribution in [3.63, 3.8) is 0 Å². The first kappa shape index (κ1) is 26.9. The molecule has 1 aromatic rings. The highest BCUT2D eigenvalue weighted by Gasteiger charge is 2.57. The predicted octanol–water partition coefficient (Wildman–Crippen LogP) is 1.29. The van der Waals surface area contributed by atoms with E-state index in [1.165, 1.54) is 0 Å². The second-order valence-electron chi connectivity index (χ2n) is 11.9. The predicted molar refractivity (Wildman–Crippen MR) is 141 cm³/mol. The van der Waals surface area contributed by atoms with Gasteiger partial charge in [0.15, 0.2) is 0 Å². The van der Waals surface area contributed by atoms with E-state index in [2.05, 4.69) is 20.0 Å². The fourth-order valence-electron chi connectivity index (χ4n) is 7.24. The van der Waals surface area contributed by atoms with Crippen molar-refractivity contribution in [2.24, 2.45) is 23.5 Å². The van der Waals surface area contributed by atoms with E-state index in [1.54, 1.807) is 37.0 Å². The number of morpholine rings is 1. The van der Waals surface area contributed by atoms with Crippen LogP contribution in [0.2, 0.25) is 0 Å². The van der Waals surface area contributed by atoms with Crippen molar-refractivity contribution in [2.45, 2.75) is 63.1 Å². The largest absolute Gasteiger partial charge is 0.443 e. The minimum absolute atomic E-state index is 0.00187. The summed E-state index contributed by atoms with van der Waals surface area (Å²) < 4.78 is 38.9. The number of nitrogens with two attached hydrogens (primary N) is 1. The fraction of sp³-hybridized carbons (Fsp3) is 0.720. The van der Waals surface area contributed by atoms with Gasteiger partial charge in [0.05, 0.1) is 25.7 Å². The molecule has 2 heterocycles. The molecule has 1 aliphatic heterocycles. The summed E-state index contributed by atoms with van der Waals surface area (Å²) in [6.45, 7) is 5.77. The van der Waals surface area contributed by atoms with Gasteiger partial charge in [-0.2, -0.15) is 5.10 Å². The van der Waals surface area contributed by atoms with Crippen LogP contribution in [0.5, 0.6) is 0 Å². The van der Waals surface area contributed by atoms with Gasteiger partial charge in [-0.25, -0.2) is 22.6 Å². The molecule has 4 bridgehead atoms. The zero-order valence-electron chi connectivity index (χ0n) is 22.2. The summed E-state index contributed by atoms with van der Waals surface area (Å²) in [5.74, 6) is 1.40. The lowest BCUT2D eigenvalue weighted by atomic mass is 9.52. The summed E-state index contributed by atoms with van der Waals surface area (Å²) in [5.41, 5.74) is 4.50. The molecule has 4 saturated carbocycles. The van der Waals surface area contributed by atoms with Crippen LogP contribution in [0.3, 0.4) is 0 Å². The van der Waals surface area contributed by atoms with Crippen LogP contribution in [-0.2, 0) is 19.5 Å².